The Kier molecular flexibility index (Phi) is 6.96. The smallest absolute Gasteiger partial charge is 0.350 e. The lowest BCUT2D eigenvalue weighted by molar-refractivity contribution is -0.149. The van der Waals surface area contributed by atoms with Crippen molar-refractivity contribution in [2.24, 2.45) is 0 Å². The van der Waals surface area contributed by atoms with E-state index in [4.69, 9.17) is 9.47 Å². The van der Waals surface area contributed by atoms with Gasteiger partial charge in [0.15, 0.2) is 5.57 Å². The van der Waals surface area contributed by atoms with E-state index in [1.807, 2.05) is 36.4 Å². The number of hydrogen-bond donors (Lipinski definition) is 1. The Morgan fingerprint density at radius 2 is 1.93 bits per heavy atom. The van der Waals surface area contributed by atoms with Crippen LogP contribution in [-0.4, -0.2) is 24.6 Å². The number of nitrogens with one attached hydrogen (secondary N) is 1. The summed E-state index contributed by atoms with van der Waals surface area (Å²) in [7, 11) is 1.30. The fraction of sp³-hybridized carbons (Fsp3) is 0.286. The molecule has 146 valence electrons. The van der Waals surface area contributed by atoms with Crippen LogP contribution in [0.1, 0.15) is 41.6 Å². The molecule has 28 heavy (non-hydrogen) atoms. The van der Waals surface area contributed by atoms with Crippen molar-refractivity contribution in [1.82, 2.24) is 0 Å². The highest BCUT2D eigenvalue weighted by Crippen LogP contribution is 2.31. The third-order valence-corrected chi connectivity index (χ3v) is 4.56. The quantitative estimate of drug-likeness (QED) is 0.444. The molecule has 0 unspecified atom stereocenters. The molecular weight excluding hydrogens is 376 g/mol. The molecule has 2 rings (SSSR count). The Bertz CT molecular complexity index is 918. The minimum atomic E-state index is -0.733. The predicted molar refractivity (Wildman–Crippen MR) is 108 cm³/mol. The topological polar surface area (TPSA) is 88.4 Å². The Balaban J connectivity index is 2.26. The van der Waals surface area contributed by atoms with Crippen LogP contribution < -0.4 is 5.32 Å². The Labute approximate surface area is 168 Å². The van der Waals surface area contributed by atoms with Gasteiger partial charge in [-0.2, -0.15) is 5.26 Å². The summed E-state index contributed by atoms with van der Waals surface area (Å²) < 4.78 is 10.0. The van der Waals surface area contributed by atoms with Gasteiger partial charge in [0, 0.05) is 17.5 Å². The van der Waals surface area contributed by atoms with Crippen molar-refractivity contribution in [2.75, 3.05) is 12.4 Å². The number of esters is 2. The molecule has 1 aromatic heterocycles. The fourth-order valence-corrected chi connectivity index (χ4v) is 3.35. The minimum absolute atomic E-state index is 0.191. The fourth-order valence-electron chi connectivity index (χ4n) is 2.30. The van der Waals surface area contributed by atoms with Crippen molar-refractivity contribution >= 4 is 28.3 Å². The Morgan fingerprint density at radius 3 is 2.50 bits per heavy atom. The van der Waals surface area contributed by atoms with Gasteiger partial charge in [0.1, 0.15) is 16.7 Å². The van der Waals surface area contributed by atoms with E-state index in [0.29, 0.717) is 17.0 Å². The Hall–Kier alpha value is -3.11. The molecule has 0 atom stereocenters. The maximum absolute atomic E-state index is 12.1. The van der Waals surface area contributed by atoms with Crippen LogP contribution in [0.3, 0.4) is 0 Å². The van der Waals surface area contributed by atoms with Crippen molar-refractivity contribution in [3.63, 3.8) is 0 Å². The van der Waals surface area contributed by atoms with Crippen LogP contribution in [0.4, 0.5) is 5.00 Å². The first-order valence-corrected chi connectivity index (χ1v) is 9.40. The lowest BCUT2D eigenvalue weighted by Crippen LogP contribution is -2.24. The molecule has 1 heterocycles. The summed E-state index contributed by atoms with van der Waals surface area (Å²) in [4.78, 5) is 25.1. The van der Waals surface area contributed by atoms with Crippen LogP contribution in [0, 0.1) is 11.3 Å². The highest BCUT2D eigenvalue weighted by atomic mass is 32.1. The van der Waals surface area contributed by atoms with Crippen molar-refractivity contribution in [2.45, 2.75) is 32.8 Å². The number of carbonyl (C=O) groups is 2. The van der Waals surface area contributed by atoms with E-state index >= 15 is 0 Å². The van der Waals surface area contributed by atoms with Crippen LogP contribution in [0.5, 0.6) is 0 Å². The monoisotopic (exact) mass is 398 g/mol. The third kappa shape index (κ3) is 5.96. The van der Waals surface area contributed by atoms with Crippen molar-refractivity contribution in [3.8, 4) is 6.07 Å². The zero-order chi connectivity index (χ0) is 20.7. The van der Waals surface area contributed by atoms with Gasteiger partial charge in [0.2, 0.25) is 0 Å². The second-order valence-electron chi connectivity index (χ2n) is 6.93. The van der Waals surface area contributed by atoms with Gasteiger partial charge in [-0.05, 0) is 32.4 Å². The number of nitrogens with zero attached hydrogens (tertiary/aromatic N) is 1. The molecule has 0 saturated carbocycles. The molecule has 0 radical (unpaired) electrons. The van der Waals surface area contributed by atoms with Crippen LogP contribution in [0.25, 0.3) is 0 Å². The largest absolute Gasteiger partial charge is 0.465 e. The van der Waals surface area contributed by atoms with Crippen LogP contribution >= 0.6 is 11.3 Å². The second-order valence-corrected chi connectivity index (χ2v) is 8.06. The molecule has 0 aliphatic heterocycles. The summed E-state index contributed by atoms with van der Waals surface area (Å²) in [6.45, 7) is 5.16. The average molecular weight is 398 g/mol. The first kappa shape index (κ1) is 21.2. The van der Waals surface area contributed by atoms with Gasteiger partial charge >= 0.3 is 11.9 Å². The van der Waals surface area contributed by atoms with Gasteiger partial charge in [-0.25, -0.2) is 9.59 Å². The third-order valence-electron chi connectivity index (χ3n) is 3.50. The number of thiophene rings is 1. The highest BCUT2D eigenvalue weighted by molar-refractivity contribution is 7.16. The van der Waals surface area contributed by atoms with E-state index < -0.39 is 17.5 Å². The van der Waals surface area contributed by atoms with Crippen molar-refractivity contribution < 1.29 is 19.1 Å². The number of rotatable bonds is 6. The maximum atomic E-state index is 12.1. The van der Waals surface area contributed by atoms with E-state index in [-0.39, 0.29) is 5.57 Å². The van der Waals surface area contributed by atoms with Crippen molar-refractivity contribution in [1.29, 1.82) is 5.26 Å². The SMILES string of the molecule is COC(=O)c1cc(Cc2ccccc2)sc1N/C=C(/C#N)C(=O)OC(C)(C)C. The zero-order valence-corrected chi connectivity index (χ0v) is 17.1. The summed E-state index contributed by atoms with van der Waals surface area (Å²) in [5.74, 6) is -1.23. The number of hydrogen-bond acceptors (Lipinski definition) is 7. The number of anilines is 1. The first-order valence-electron chi connectivity index (χ1n) is 8.58. The molecule has 1 aromatic carbocycles. The molecule has 0 saturated heterocycles. The van der Waals surface area contributed by atoms with Gasteiger partial charge < -0.3 is 14.8 Å². The summed E-state index contributed by atoms with van der Waals surface area (Å²) in [6, 6.07) is 13.4. The molecule has 0 aliphatic rings. The van der Waals surface area contributed by atoms with E-state index in [2.05, 4.69) is 5.32 Å². The molecule has 2 aromatic rings. The number of nitriles is 1. The van der Waals surface area contributed by atoms with E-state index in [1.165, 1.54) is 24.6 Å². The molecule has 6 nitrogen and oxygen atoms in total. The molecule has 7 heteroatoms. The number of carbonyl (C=O) groups excluding carboxylic acids is 2. The van der Waals surface area contributed by atoms with Crippen LogP contribution in [0.2, 0.25) is 0 Å². The first-order chi connectivity index (χ1) is 13.2. The number of methoxy groups -OCH3 is 1. The average Bonchev–Trinajstić information content (AvgIpc) is 3.03. The molecule has 0 bridgehead atoms. The Morgan fingerprint density at radius 1 is 1.25 bits per heavy atom. The number of benzene rings is 1. The van der Waals surface area contributed by atoms with Crippen LogP contribution in [-0.2, 0) is 20.7 Å². The second kappa shape index (κ2) is 9.20. The van der Waals surface area contributed by atoms with Gasteiger partial charge in [0.05, 0.1) is 12.7 Å². The molecular formula is C21H22N2O4S. The van der Waals surface area contributed by atoms with Crippen molar-refractivity contribution in [3.05, 3.63) is 64.2 Å². The van der Waals surface area contributed by atoms with Gasteiger partial charge in [-0.15, -0.1) is 11.3 Å². The highest BCUT2D eigenvalue weighted by Gasteiger charge is 2.21. The molecule has 0 fully saturated rings. The van der Waals surface area contributed by atoms with E-state index in [1.54, 1.807) is 26.8 Å². The molecule has 0 amide bonds. The molecule has 0 spiro atoms. The lowest BCUT2D eigenvalue weighted by Gasteiger charge is -2.18. The maximum Gasteiger partial charge on any atom is 0.350 e. The minimum Gasteiger partial charge on any atom is -0.465 e. The van der Waals surface area contributed by atoms with Crippen LogP contribution in [0.15, 0.2) is 48.2 Å². The zero-order valence-electron chi connectivity index (χ0n) is 16.2. The number of ether oxygens (including phenoxy) is 2. The summed E-state index contributed by atoms with van der Waals surface area (Å²) >= 11 is 1.36. The molecule has 0 aliphatic carbocycles. The standard InChI is InChI=1S/C21H22N2O4S/c1-21(2,3)27-19(24)15(12-22)13-23-18-17(20(25)26-4)11-16(28-18)10-14-8-6-5-7-9-14/h5-9,11,13,23H,10H2,1-4H3/b15-13-. The lowest BCUT2D eigenvalue weighted by atomic mass is 10.1. The normalized spacial score (nSPS) is 11.5. The van der Waals surface area contributed by atoms with Gasteiger partial charge in [-0.1, -0.05) is 30.3 Å². The molecule has 1 N–H and O–H groups in total. The van der Waals surface area contributed by atoms with E-state index in [9.17, 15) is 14.9 Å². The van der Waals surface area contributed by atoms with Gasteiger partial charge in [0.25, 0.3) is 0 Å². The summed E-state index contributed by atoms with van der Waals surface area (Å²) in [5.41, 5.74) is 0.546. The summed E-state index contributed by atoms with van der Waals surface area (Å²) in [5, 5.41) is 12.6. The summed E-state index contributed by atoms with van der Waals surface area (Å²) in [6.07, 6.45) is 1.90. The predicted octanol–water partition coefficient (Wildman–Crippen LogP) is 4.29. The van der Waals surface area contributed by atoms with E-state index in [0.717, 1.165) is 10.4 Å². The van der Waals surface area contributed by atoms with Gasteiger partial charge in [-0.3, -0.25) is 0 Å².